The van der Waals surface area contributed by atoms with E-state index < -0.39 is 60.2 Å². The van der Waals surface area contributed by atoms with E-state index in [1.807, 2.05) is 36.8 Å². The second-order valence-electron chi connectivity index (χ2n) is 9.19. The topological polar surface area (TPSA) is 204 Å². The highest BCUT2D eigenvalue weighted by Gasteiger charge is 2.30. The lowest BCUT2D eigenvalue weighted by Gasteiger charge is -2.25. The van der Waals surface area contributed by atoms with Crippen molar-refractivity contribution in [2.24, 2.45) is 5.73 Å². The molecule has 4 atom stereocenters. The minimum absolute atomic E-state index is 0.175. The van der Waals surface area contributed by atoms with Gasteiger partial charge in [-0.1, -0.05) is 18.2 Å². The summed E-state index contributed by atoms with van der Waals surface area (Å²) in [7, 11) is 0. The fourth-order valence-electron chi connectivity index (χ4n) is 3.99. The van der Waals surface area contributed by atoms with Crippen LogP contribution in [0.4, 0.5) is 0 Å². The van der Waals surface area contributed by atoms with Crippen LogP contribution in [0.5, 0.6) is 0 Å². The van der Waals surface area contributed by atoms with Gasteiger partial charge in [-0.25, -0.2) is 4.79 Å². The van der Waals surface area contributed by atoms with Gasteiger partial charge in [0, 0.05) is 23.5 Å². The molecule has 0 radical (unpaired) electrons. The summed E-state index contributed by atoms with van der Waals surface area (Å²) in [5.41, 5.74) is 7.84. The molecule has 0 aliphatic rings. The molecule has 0 saturated heterocycles. The molecule has 12 nitrogen and oxygen atoms in total. The van der Waals surface area contributed by atoms with Gasteiger partial charge >= 0.3 is 11.9 Å². The van der Waals surface area contributed by atoms with Crippen molar-refractivity contribution >= 4 is 64.1 Å². The van der Waals surface area contributed by atoms with Crippen molar-refractivity contribution in [1.82, 2.24) is 20.9 Å². The molecular weight excluding hydrogens is 558 g/mol. The highest BCUT2D eigenvalue weighted by molar-refractivity contribution is 7.98. The Hall–Kier alpha value is -3.23. The van der Waals surface area contributed by atoms with Crippen molar-refractivity contribution in [3.8, 4) is 0 Å². The zero-order chi connectivity index (χ0) is 29.7. The molecule has 0 bridgehead atoms. The minimum atomic E-state index is -1.27. The number of hydrogen-bond donors (Lipinski definition) is 7. The zero-order valence-corrected chi connectivity index (χ0v) is 24.1. The molecule has 1 aromatic carbocycles. The van der Waals surface area contributed by atoms with Gasteiger partial charge in [0.25, 0.3) is 0 Å². The number of benzene rings is 1. The summed E-state index contributed by atoms with van der Waals surface area (Å²) < 4.78 is 0. The zero-order valence-electron chi connectivity index (χ0n) is 22.5. The quantitative estimate of drug-likeness (QED) is 0.130. The number of carboxylic acids is 2. The molecule has 14 heteroatoms. The van der Waals surface area contributed by atoms with Crippen molar-refractivity contribution in [1.29, 1.82) is 0 Å². The standard InChI is InChI=1S/C26H37N5O7S2/c1-39-11-9-20(25(36)31-21(26(37)38)10-12-40-2)30-24(35)19(7-8-22(32)33)29-23(34)17(27)13-15-14-28-18-6-4-3-5-16(15)18/h3-6,14,17,19-21,28H,7-13,27H2,1-2H3,(H,29,34)(H,30,35)(H,31,36)(H,32,33)(H,37,38). The third-order valence-corrected chi connectivity index (χ3v) is 7.49. The average molecular weight is 596 g/mol. The number of rotatable bonds is 18. The van der Waals surface area contributed by atoms with Crippen LogP contribution in [0.25, 0.3) is 10.9 Å². The number of aromatic nitrogens is 1. The number of nitrogens with two attached hydrogens (primary N) is 1. The van der Waals surface area contributed by atoms with Gasteiger partial charge in [-0.2, -0.15) is 23.5 Å². The van der Waals surface area contributed by atoms with Crippen molar-refractivity contribution in [3.05, 3.63) is 36.0 Å². The number of fused-ring (bicyclic) bond motifs is 1. The molecule has 1 heterocycles. The highest BCUT2D eigenvalue weighted by Crippen LogP contribution is 2.19. The summed E-state index contributed by atoms with van der Waals surface area (Å²) in [6, 6.07) is 3.02. The summed E-state index contributed by atoms with van der Waals surface area (Å²) >= 11 is 2.88. The van der Waals surface area contributed by atoms with Crippen molar-refractivity contribution in [2.45, 2.75) is 56.3 Å². The minimum Gasteiger partial charge on any atom is -0.481 e. The maximum absolute atomic E-state index is 13.2. The molecule has 8 N–H and O–H groups in total. The number of para-hydroxylation sites is 1. The van der Waals surface area contributed by atoms with Gasteiger partial charge in [-0.05, 0) is 61.3 Å². The summed E-state index contributed by atoms with van der Waals surface area (Å²) in [4.78, 5) is 65.0. The Bertz CT molecular complexity index is 1180. The van der Waals surface area contributed by atoms with E-state index >= 15 is 0 Å². The Balaban J connectivity index is 2.13. The lowest BCUT2D eigenvalue weighted by atomic mass is 10.0. The molecule has 220 valence electrons. The largest absolute Gasteiger partial charge is 0.481 e. The molecule has 2 rings (SSSR count). The van der Waals surface area contributed by atoms with E-state index in [-0.39, 0.29) is 25.7 Å². The predicted molar refractivity (Wildman–Crippen MR) is 156 cm³/mol. The van der Waals surface area contributed by atoms with Crippen molar-refractivity contribution < 1.29 is 34.2 Å². The van der Waals surface area contributed by atoms with E-state index in [1.54, 1.807) is 6.20 Å². The van der Waals surface area contributed by atoms with E-state index in [9.17, 15) is 34.2 Å². The van der Waals surface area contributed by atoms with Crippen LogP contribution < -0.4 is 21.7 Å². The Kier molecular flexibility index (Phi) is 13.8. The third-order valence-electron chi connectivity index (χ3n) is 6.20. The third kappa shape index (κ3) is 10.4. The van der Waals surface area contributed by atoms with Gasteiger partial charge in [-0.3, -0.25) is 19.2 Å². The number of nitrogens with one attached hydrogen (secondary N) is 4. The number of thioether (sulfide) groups is 2. The first-order valence-corrected chi connectivity index (χ1v) is 15.5. The van der Waals surface area contributed by atoms with Crippen LogP contribution in [-0.2, 0) is 30.4 Å². The maximum atomic E-state index is 13.2. The first kappa shape index (κ1) is 33.0. The van der Waals surface area contributed by atoms with Crippen LogP contribution in [0, 0.1) is 0 Å². The highest BCUT2D eigenvalue weighted by atomic mass is 32.2. The average Bonchev–Trinajstić information content (AvgIpc) is 3.33. The van der Waals surface area contributed by atoms with E-state index in [2.05, 4.69) is 20.9 Å². The number of carbonyl (C=O) groups is 5. The van der Waals surface area contributed by atoms with Crippen LogP contribution in [0.3, 0.4) is 0 Å². The van der Waals surface area contributed by atoms with Crippen molar-refractivity contribution in [2.75, 3.05) is 24.0 Å². The number of aliphatic carboxylic acids is 2. The van der Waals surface area contributed by atoms with Gasteiger partial charge in [0.05, 0.1) is 6.04 Å². The maximum Gasteiger partial charge on any atom is 0.326 e. The van der Waals surface area contributed by atoms with Gasteiger partial charge in [0.1, 0.15) is 18.1 Å². The van der Waals surface area contributed by atoms with E-state index in [1.165, 1.54) is 23.5 Å². The molecule has 3 amide bonds. The van der Waals surface area contributed by atoms with Crippen LogP contribution in [0.2, 0.25) is 0 Å². The summed E-state index contributed by atoms with van der Waals surface area (Å²) in [5.74, 6) is -3.42. The number of H-pyrrole nitrogens is 1. The number of hydrogen-bond acceptors (Lipinski definition) is 8. The molecular formula is C26H37N5O7S2. The fraction of sp³-hybridized carbons (Fsp3) is 0.500. The molecule has 0 fully saturated rings. The van der Waals surface area contributed by atoms with Gasteiger partial charge < -0.3 is 36.9 Å². The lowest BCUT2D eigenvalue weighted by molar-refractivity contribution is -0.142. The van der Waals surface area contributed by atoms with Crippen LogP contribution in [0.1, 0.15) is 31.2 Å². The second-order valence-corrected chi connectivity index (χ2v) is 11.2. The normalized spacial score (nSPS) is 14.1. The molecule has 4 unspecified atom stereocenters. The molecule has 0 saturated carbocycles. The predicted octanol–water partition coefficient (Wildman–Crippen LogP) is 0.948. The first-order chi connectivity index (χ1) is 19.1. The lowest BCUT2D eigenvalue weighted by Crippen LogP contribution is -2.57. The van der Waals surface area contributed by atoms with Crippen molar-refractivity contribution in [3.63, 3.8) is 0 Å². The smallest absolute Gasteiger partial charge is 0.326 e. The monoisotopic (exact) mass is 595 g/mol. The molecule has 2 aromatic rings. The number of amides is 3. The number of carbonyl (C=O) groups excluding carboxylic acids is 3. The molecule has 0 aliphatic carbocycles. The summed E-state index contributed by atoms with van der Waals surface area (Å²) in [6.45, 7) is 0. The molecule has 40 heavy (non-hydrogen) atoms. The van der Waals surface area contributed by atoms with Crippen LogP contribution in [-0.4, -0.2) is 93.0 Å². The second kappa shape index (κ2) is 16.8. The van der Waals surface area contributed by atoms with Gasteiger partial charge in [0.15, 0.2) is 0 Å². The Labute approximate surface area is 241 Å². The Morgan fingerprint density at radius 3 is 2.00 bits per heavy atom. The molecule has 0 aliphatic heterocycles. The van der Waals surface area contributed by atoms with E-state index in [4.69, 9.17) is 5.73 Å². The Morgan fingerprint density at radius 2 is 1.40 bits per heavy atom. The number of carboxylic acid groups (broad SMARTS) is 2. The van der Waals surface area contributed by atoms with Crippen LogP contribution >= 0.6 is 23.5 Å². The van der Waals surface area contributed by atoms with Gasteiger partial charge in [-0.15, -0.1) is 0 Å². The van der Waals surface area contributed by atoms with E-state index in [0.29, 0.717) is 11.5 Å². The first-order valence-electron chi connectivity index (χ1n) is 12.7. The summed E-state index contributed by atoms with van der Waals surface area (Å²) in [6.07, 6.45) is 5.34. The molecule has 0 spiro atoms. The van der Waals surface area contributed by atoms with Crippen LogP contribution in [0.15, 0.2) is 30.5 Å². The molecule has 1 aromatic heterocycles. The summed E-state index contributed by atoms with van der Waals surface area (Å²) in [5, 5.41) is 27.1. The Morgan fingerprint density at radius 1 is 0.850 bits per heavy atom. The number of aromatic amines is 1. The van der Waals surface area contributed by atoms with E-state index in [0.717, 1.165) is 16.5 Å². The van der Waals surface area contributed by atoms with Gasteiger partial charge in [0.2, 0.25) is 17.7 Å². The fourth-order valence-corrected chi connectivity index (χ4v) is 4.93. The SMILES string of the molecule is CSCCC(NC(=O)C(CCSC)NC(=O)C(CCC(=O)O)NC(=O)C(N)Cc1c[nH]c2ccccc12)C(=O)O.